The van der Waals surface area contributed by atoms with Gasteiger partial charge in [0.2, 0.25) is 0 Å². The van der Waals surface area contributed by atoms with Crippen molar-refractivity contribution in [2.75, 3.05) is 13.2 Å². The minimum absolute atomic E-state index is 0.0626. The highest BCUT2D eigenvalue weighted by Crippen LogP contribution is 2.18. The van der Waals surface area contributed by atoms with E-state index in [1.807, 2.05) is 0 Å². The van der Waals surface area contributed by atoms with Gasteiger partial charge in [-0.2, -0.15) is 0 Å². The largest absolute Gasteiger partial charge is 0.462 e. The van der Waals surface area contributed by atoms with E-state index in [9.17, 15) is 14.4 Å². The van der Waals surface area contributed by atoms with Crippen molar-refractivity contribution in [3.8, 4) is 0 Å². The second kappa shape index (κ2) is 56.0. The first-order valence-electron chi connectivity index (χ1n) is 30.0. The van der Waals surface area contributed by atoms with Gasteiger partial charge in [-0.05, 0) is 19.3 Å². The first-order chi connectivity index (χ1) is 32.5. The van der Waals surface area contributed by atoms with E-state index in [2.05, 4.69) is 20.8 Å². The van der Waals surface area contributed by atoms with Gasteiger partial charge < -0.3 is 14.2 Å². The molecule has 0 aliphatic rings. The van der Waals surface area contributed by atoms with Crippen molar-refractivity contribution < 1.29 is 28.6 Å². The number of esters is 3. The topological polar surface area (TPSA) is 78.9 Å². The number of carbonyl (C=O) groups is 3. The fourth-order valence-corrected chi connectivity index (χ4v) is 9.33. The van der Waals surface area contributed by atoms with Gasteiger partial charge in [-0.1, -0.05) is 310 Å². The highest BCUT2D eigenvalue weighted by molar-refractivity contribution is 5.71. The molecule has 0 aliphatic carbocycles. The summed E-state index contributed by atoms with van der Waals surface area (Å²) in [6.45, 7) is 6.63. The van der Waals surface area contributed by atoms with E-state index < -0.39 is 6.10 Å². The lowest BCUT2D eigenvalue weighted by Gasteiger charge is -2.18. The Morgan fingerprint density at radius 1 is 0.242 bits per heavy atom. The van der Waals surface area contributed by atoms with Crippen molar-refractivity contribution >= 4 is 17.9 Å². The molecule has 1 unspecified atom stereocenters. The van der Waals surface area contributed by atoms with Gasteiger partial charge in [0, 0.05) is 19.3 Å². The number of unbranched alkanes of at least 4 members (excludes halogenated alkanes) is 45. The van der Waals surface area contributed by atoms with Crippen LogP contribution in [0, 0.1) is 0 Å². The summed E-state index contributed by atoms with van der Waals surface area (Å²) in [5.74, 6) is -0.850. The normalized spacial score (nSPS) is 11.9. The fourth-order valence-electron chi connectivity index (χ4n) is 9.33. The van der Waals surface area contributed by atoms with Crippen LogP contribution in [0.25, 0.3) is 0 Å². The fraction of sp³-hybridized carbons (Fsp3) is 0.950. The maximum absolute atomic E-state index is 12.8. The smallest absolute Gasteiger partial charge is 0.306 e. The quantitative estimate of drug-likeness (QED) is 0.0343. The third-order valence-electron chi connectivity index (χ3n) is 13.9. The van der Waals surface area contributed by atoms with E-state index in [0.29, 0.717) is 19.3 Å². The molecule has 0 N–H and O–H groups in total. The van der Waals surface area contributed by atoms with Crippen molar-refractivity contribution in [2.45, 2.75) is 354 Å². The van der Waals surface area contributed by atoms with Gasteiger partial charge in [0.1, 0.15) is 13.2 Å². The summed E-state index contributed by atoms with van der Waals surface area (Å²) in [6.07, 6.45) is 63.0. The molecular weight excluding hydrogens is 817 g/mol. The Kier molecular flexibility index (Phi) is 54.7. The molecule has 0 fully saturated rings. The first kappa shape index (κ1) is 64.4. The summed E-state index contributed by atoms with van der Waals surface area (Å²) in [5, 5.41) is 0. The van der Waals surface area contributed by atoms with Crippen molar-refractivity contribution in [1.82, 2.24) is 0 Å². The van der Waals surface area contributed by atoms with Crippen LogP contribution in [-0.4, -0.2) is 37.2 Å². The van der Waals surface area contributed by atoms with Crippen LogP contribution in [0.5, 0.6) is 0 Å². The van der Waals surface area contributed by atoms with E-state index in [0.717, 1.165) is 64.2 Å². The van der Waals surface area contributed by atoms with Crippen LogP contribution in [0.1, 0.15) is 348 Å². The maximum Gasteiger partial charge on any atom is 0.306 e. The van der Waals surface area contributed by atoms with E-state index in [-0.39, 0.29) is 31.1 Å². The molecule has 0 rings (SSSR count). The standard InChI is InChI=1S/C60H116O6/c1-4-7-10-13-15-17-19-21-23-25-27-28-29-30-31-32-33-35-36-38-40-42-44-47-50-53-59(62)65-56-57(55-64-58(61)52-49-46-12-9-6-3)66-60(63)54-51-48-45-43-41-39-37-34-26-24-22-20-18-16-14-11-8-5-2/h57H,4-56H2,1-3H3. The molecule has 392 valence electrons. The van der Waals surface area contributed by atoms with E-state index in [1.54, 1.807) is 0 Å². The number of hydrogen-bond donors (Lipinski definition) is 0. The monoisotopic (exact) mass is 933 g/mol. The molecule has 0 radical (unpaired) electrons. The Bertz CT molecular complexity index is 982. The van der Waals surface area contributed by atoms with Crippen molar-refractivity contribution in [1.29, 1.82) is 0 Å². The number of rotatable bonds is 56. The third kappa shape index (κ3) is 53.4. The maximum atomic E-state index is 12.8. The van der Waals surface area contributed by atoms with Gasteiger partial charge in [0.25, 0.3) is 0 Å². The molecular formula is C60H116O6. The minimum Gasteiger partial charge on any atom is -0.462 e. The molecule has 66 heavy (non-hydrogen) atoms. The number of ether oxygens (including phenoxy) is 3. The molecule has 0 amide bonds. The first-order valence-corrected chi connectivity index (χ1v) is 30.0. The van der Waals surface area contributed by atoms with Crippen LogP contribution in [0.4, 0.5) is 0 Å². The molecule has 0 spiro atoms. The summed E-state index contributed by atoms with van der Waals surface area (Å²) in [5.41, 5.74) is 0. The van der Waals surface area contributed by atoms with E-state index in [4.69, 9.17) is 14.2 Å². The van der Waals surface area contributed by atoms with Crippen molar-refractivity contribution in [3.05, 3.63) is 0 Å². The van der Waals surface area contributed by atoms with Crippen LogP contribution < -0.4 is 0 Å². The zero-order valence-corrected chi connectivity index (χ0v) is 45.0. The second-order valence-corrected chi connectivity index (χ2v) is 20.6. The summed E-state index contributed by atoms with van der Waals surface area (Å²) >= 11 is 0. The van der Waals surface area contributed by atoms with Crippen molar-refractivity contribution in [2.24, 2.45) is 0 Å². The van der Waals surface area contributed by atoms with Crippen LogP contribution in [-0.2, 0) is 28.6 Å². The minimum atomic E-state index is -0.759. The predicted molar refractivity (Wildman–Crippen MR) is 284 cm³/mol. The second-order valence-electron chi connectivity index (χ2n) is 20.6. The summed E-state index contributed by atoms with van der Waals surface area (Å²) in [6, 6.07) is 0. The van der Waals surface area contributed by atoms with Crippen molar-refractivity contribution in [3.63, 3.8) is 0 Å². The van der Waals surface area contributed by atoms with Gasteiger partial charge in [-0.25, -0.2) is 0 Å². The van der Waals surface area contributed by atoms with Gasteiger partial charge in [-0.15, -0.1) is 0 Å². The molecule has 0 bridgehead atoms. The van der Waals surface area contributed by atoms with Crippen LogP contribution >= 0.6 is 0 Å². The highest BCUT2D eigenvalue weighted by atomic mass is 16.6. The zero-order chi connectivity index (χ0) is 47.9. The Hall–Kier alpha value is -1.59. The molecule has 0 aromatic heterocycles. The lowest BCUT2D eigenvalue weighted by Crippen LogP contribution is -2.30. The highest BCUT2D eigenvalue weighted by Gasteiger charge is 2.19. The summed E-state index contributed by atoms with van der Waals surface area (Å²) < 4.78 is 16.8. The number of carbonyl (C=O) groups excluding carboxylic acids is 3. The Morgan fingerprint density at radius 2 is 0.409 bits per heavy atom. The Morgan fingerprint density at radius 3 is 0.606 bits per heavy atom. The van der Waals surface area contributed by atoms with Crippen LogP contribution in [0.2, 0.25) is 0 Å². The van der Waals surface area contributed by atoms with Gasteiger partial charge in [0.15, 0.2) is 6.10 Å². The molecule has 1 atom stereocenters. The third-order valence-corrected chi connectivity index (χ3v) is 13.9. The average molecular weight is 934 g/mol. The molecule has 0 heterocycles. The lowest BCUT2D eigenvalue weighted by atomic mass is 10.0. The molecule has 6 nitrogen and oxygen atoms in total. The molecule has 6 heteroatoms. The van der Waals surface area contributed by atoms with Crippen LogP contribution in [0.3, 0.4) is 0 Å². The van der Waals surface area contributed by atoms with Gasteiger partial charge in [-0.3, -0.25) is 14.4 Å². The lowest BCUT2D eigenvalue weighted by molar-refractivity contribution is -0.167. The predicted octanol–water partition coefficient (Wildman–Crippen LogP) is 19.9. The molecule has 0 saturated carbocycles. The average Bonchev–Trinajstić information content (AvgIpc) is 3.31. The summed E-state index contributed by atoms with van der Waals surface area (Å²) in [7, 11) is 0. The van der Waals surface area contributed by atoms with Gasteiger partial charge in [0.05, 0.1) is 0 Å². The molecule has 0 aliphatic heterocycles. The van der Waals surface area contributed by atoms with Crippen LogP contribution in [0.15, 0.2) is 0 Å². The van der Waals surface area contributed by atoms with E-state index in [1.165, 1.54) is 244 Å². The van der Waals surface area contributed by atoms with E-state index >= 15 is 0 Å². The zero-order valence-electron chi connectivity index (χ0n) is 45.0. The summed E-state index contributed by atoms with van der Waals surface area (Å²) in [4.78, 5) is 37.8. The SMILES string of the molecule is CCCCCCCCCCCCCCCCCCCCCCCCCCCC(=O)OCC(COC(=O)CCCCCCC)OC(=O)CCCCCCCCCCCCCCCCCCCC. The Labute approximate surface area is 412 Å². The molecule has 0 aromatic carbocycles. The van der Waals surface area contributed by atoms with Gasteiger partial charge >= 0.3 is 17.9 Å². The molecule has 0 saturated heterocycles. The number of hydrogen-bond acceptors (Lipinski definition) is 6. The Balaban J connectivity index is 3.97. The molecule has 0 aromatic rings.